The number of piperazine rings is 1. The SMILES string of the molecule is CC(CN1CC(=O)NC(=O)C1)C(C)(C)C. The van der Waals surface area contributed by atoms with Gasteiger partial charge in [0.2, 0.25) is 11.8 Å². The minimum Gasteiger partial charge on any atom is -0.294 e. The number of hydrogen-bond acceptors (Lipinski definition) is 3. The van der Waals surface area contributed by atoms with E-state index in [0.29, 0.717) is 19.0 Å². The van der Waals surface area contributed by atoms with Crippen molar-refractivity contribution < 1.29 is 9.59 Å². The summed E-state index contributed by atoms with van der Waals surface area (Å²) in [6.45, 7) is 10.1. The van der Waals surface area contributed by atoms with Crippen molar-refractivity contribution >= 4 is 11.8 Å². The van der Waals surface area contributed by atoms with E-state index in [2.05, 4.69) is 33.0 Å². The molecular weight excluding hydrogens is 192 g/mol. The lowest BCUT2D eigenvalue weighted by Crippen LogP contribution is -2.53. The largest absolute Gasteiger partial charge is 0.294 e. The first-order valence-electron chi connectivity index (χ1n) is 5.34. The summed E-state index contributed by atoms with van der Waals surface area (Å²) in [4.78, 5) is 24.2. The summed E-state index contributed by atoms with van der Waals surface area (Å²) in [7, 11) is 0. The van der Waals surface area contributed by atoms with Crippen LogP contribution in [0.4, 0.5) is 0 Å². The minimum absolute atomic E-state index is 0.188. The third-order valence-corrected chi connectivity index (χ3v) is 3.02. The smallest absolute Gasteiger partial charge is 0.240 e. The van der Waals surface area contributed by atoms with E-state index in [4.69, 9.17) is 0 Å². The molecule has 1 aliphatic rings. The Hall–Kier alpha value is -0.900. The van der Waals surface area contributed by atoms with Gasteiger partial charge in [0.15, 0.2) is 0 Å². The van der Waals surface area contributed by atoms with Crippen LogP contribution in [0.15, 0.2) is 0 Å². The van der Waals surface area contributed by atoms with Gasteiger partial charge in [0.25, 0.3) is 0 Å². The van der Waals surface area contributed by atoms with Gasteiger partial charge in [-0.15, -0.1) is 0 Å². The zero-order valence-corrected chi connectivity index (χ0v) is 9.96. The van der Waals surface area contributed by atoms with Gasteiger partial charge in [0.1, 0.15) is 0 Å². The molecular formula is C11H20N2O2. The van der Waals surface area contributed by atoms with E-state index in [-0.39, 0.29) is 17.2 Å². The Labute approximate surface area is 91.0 Å². The van der Waals surface area contributed by atoms with Gasteiger partial charge in [-0.25, -0.2) is 0 Å². The second-order valence-electron chi connectivity index (χ2n) is 5.41. The molecule has 1 saturated heterocycles. The van der Waals surface area contributed by atoms with Gasteiger partial charge >= 0.3 is 0 Å². The Morgan fingerprint density at radius 1 is 1.27 bits per heavy atom. The molecule has 0 aromatic rings. The van der Waals surface area contributed by atoms with E-state index >= 15 is 0 Å². The number of carbonyl (C=O) groups excluding carboxylic acids is 2. The number of hydrogen-bond donors (Lipinski definition) is 1. The first kappa shape index (κ1) is 12.2. The molecule has 15 heavy (non-hydrogen) atoms. The molecule has 86 valence electrons. The normalized spacial score (nSPS) is 21.3. The van der Waals surface area contributed by atoms with Crippen molar-refractivity contribution in [2.75, 3.05) is 19.6 Å². The van der Waals surface area contributed by atoms with Gasteiger partial charge in [-0.2, -0.15) is 0 Å². The summed E-state index contributed by atoms with van der Waals surface area (Å²) in [5.41, 5.74) is 0.205. The van der Waals surface area contributed by atoms with Crippen molar-refractivity contribution in [3.8, 4) is 0 Å². The fourth-order valence-corrected chi connectivity index (χ4v) is 1.49. The third-order valence-electron chi connectivity index (χ3n) is 3.02. The molecule has 0 spiro atoms. The Morgan fingerprint density at radius 3 is 2.13 bits per heavy atom. The average molecular weight is 212 g/mol. The highest BCUT2D eigenvalue weighted by atomic mass is 16.2. The van der Waals surface area contributed by atoms with Gasteiger partial charge in [-0.3, -0.25) is 19.8 Å². The number of imide groups is 1. The van der Waals surface area contributed by atoms with Crippen LogP contribution in [0.5, 0.6) is 0 Å². The second kappa shape index (κ2) is 4.31. The number of amides is 2. The maximum atomic E-state index is 11.1. The summed E-state index contributed by atoms with van der Waals surface area (Å²) in [5, 5.41) is 2.30. The van der Waals surface area contributed by atoms with Crippen molar-refractivity contribution in [3.63, 3.8) is 0 Å². The summed E-state index contributed by atoms with van der Waals surface area (Å²) in [5.74, 6) is 0.0796. The van der Waals surface area contributed by atoms with Gasteiger partial charge in [-0.1, -0.05) is 27.7 Å². The maximum Gasteiger partial charge on any atom is 0.240 e. The lowest BCUT2D eigenvalue weighted by molar-refractivity contribution is -0.136. The molecule has 2 amide bonds. The molecule has 1 fully saturated rings. The monoisotopic (exact) mass is 212 g/mol. The fourth-order valence-electron chi connectivity index (χ4n) is 1.49. The first-order valence-corrected chi connectivity index (χ1v) is 5.34. The van der Waals surface area contributed by atoms with Gasteiger partial charge in [0.05, 0.1) is 13.1 Å². The number of carbonyl (C=O) groups is 2. The summed E-state index contributed by atoms with van der Waals surface area (Å²) in [6.07, 6.45) is 0. The quantitative estimate of drug-likeness (QED) is 0.683. The molecule has 0 aliphatic carbocycles. The summed E-state index contributed by atoms with van der Waals surface area (Å²) in [6, 6.07) is 0. The Kier molecular flexibility index (Phi) is 3.50. The molecule has 0 aromatic carbocycles. The summed E-state index contributed by atoms with van der Waals surface area (Å²) >= 11 is 0. The van der Waals surface area contributed by atoms with Crippen molar-refractivity contribution in [1.29, 1.82) is 0 Å². The first-order chi connectivity index (χ1) is 6.79. The molecule has 0 radical (unpaired) electrons. The van der Waals surface area contributed by atoms with Crippen molar-refractivity contribution in [2.45, 2.75) is 27.7 Å². The van der Waals surface area contributed by atoms with Crippen LogP contribution in [0.1, 0.15) is 27.7 Å². The predicted molar refractivity (Wildman–Crippen MR) is 58.2 cm³/mol. The molecule has 1 N–H and O–H groups in total. The lowest BCUT2D eigenvalue weighted by Gasteiger charge is -2.33. The molecule has 1 atom stereocenters. The van der Waals surface area contributed by atoms with E-state index in [9.17, 15) is 9.59 Å². The maximum absolute atomic E-state index is 11.1. The summed E-state index contributed by atoms with van der Waals surface area (Å²) < 4.78 is 0. The van der Waals surface area contributed by atoms with Gasteiger partial charge in [0, 0.05) is 6.54 Å². The Balaban J connectivity index is 2.51. The molecule has 4 nitrogen and oxygen atoms in total. The van der Waals surface area contributed by atoms with E-state index < -0.39 is 0 Å². The Bertz CT molecular complexity index is 252. The molecule has 1 unspecified atom stereocenters. The number of nitrogens with one attached hydrogen (secondary N) is 1. The second-order valence-corrected chi connectivity index (χ2v) is 5.41. The zero-order chi connectivity index (χ0) is 11.6. The van der Waals surface area contributed by atoms with Crippen molar-refractivity contribution in [1.82, 2.24) is 10.2 Å². The standard InChI is InChI=1S/C11H20N2O2/c1-8(11(2,3)4)5-13-6-9(14)12-10(15)7-13/h8H,5-7H2,1-4H3,(H,12,14,15). The molecule has 0 aromatic heterocycles. The molecule has 0 bridgehead atoms. The van der Waals surface area contributed by atoms with Crippen LogP contribution in [0.3, 0.4) is 0 Å². The van der Waals surface area contributed by atoms with E-state index in [1.165, 1.54) is 0 Å². The molecule has 1 rings (SSSR count). The van der Waals surface area contributed by atoms with Crippen LogP contribution < -0.4 is 5.32 Å². The van der Waals surface area contributed by atoms with Crippen LogP contribution in [-0.2, 0) is 9.59 Å². The van der Waals surface area contributed by atoms with Crippen molar-refractivity contribution in [3.05, 3.63) is 0 Å². The third kappa shape index (κ3) is 3.63. The molecule has 0 saturated carbocycles. The minimum atomic E-state index is -0.188. The van der Waals surface area contributed by atoms with Gasteiger partial charge in [-0.05, 0) is 11.3 Å². The molecule has 1 aliphatic heterocycles. The van der Waals surface area contributed by atoms with E-state index in [1.807, 2.05) is 4.90 Å². The average Bonchev–Trinajstić information content (AvgIpc) is 1.99. The van der Waals surface area contributed by atoms with Crippen LogP contribution in [0.2, 0.25) is 0 Å². The van der Waals surface area contributed by atoms with Crippen LogP contribution >= 0.6 is 0 Å². The van der Waals surface area contributed by atoms with Crippen LogP contribution in [-0.4, -0.2) is 36.3 Å². The van der Waals surface area contributed by atoms with E-state index in [1.54, 1.807) is 0 Å². The number of nitrogens with zero attached hydrogens (tertiary/aromatic N) is 1. The molecule has 1 heterocycles. The highest BCUT2D eigenvalue weighted by Crippen LogP contribution is 2.26. The topological polar surface area (TPSA) is 49.4 Å². The van der Waals surface area contributed by atoms with E-state index in [0.717, 1.165) is 6.54 Å². The highest BCUT2D eigenvalue weighted by molar-refractivity contribution is 5.99. The predicted octanol–water partition coefficient (Wildman–Crippen LogP) is 0.627. The van der Waals surface area contributed by atoms with Crippen LogP contribution in [0, 0.1) is 11.3 Å². The molecule has 4 heteroatoms. The fraction of sp³-hybridized carbons (Fsp3) is 0.818. The number of rotatable bonds is 2. The Morgan fingerprint density at radius 2 is 1.73 bits per heavy atom. The van der Waals surface area contributed by atoms with Crippen molar-refractivity contribution in [2.24, 2.45) is 11.3 Å². The lowest BCUT2D eigenvalue weighted by atomic mass is 9.82. The highest BCUT2D eigenvalue weighted by Gasteiger charge is 2.27. The zero-order valence-electron chi connectivity index (χ0n) is 9.96. The van der Waals surface area contributed by atoms with Gasteiger partial charge < -0.3 is 0 Å². The van der Waals surface area contributed by atoms with Crippen LogP contribution in [0.25, 0.3) is 0 Å².